The molecule has 0 radical (unpaired) electrons. The van der Waals surface area contributed by atoms with Crippen molar-refractivity contribution in [3.63, 3.8) is 0 Å². The number of aryl methyl sites for hydroxylation is 2. The molecule has 1 N–H and O–H groups in total. The van der Waals surface area contributed by atoms with Gasteiger partial charge in [-0.05, 0) is 31.5 Å². The molecule has 2 aromatic heterocycles. The molecule has 0 aliphatic carbocycles. The Labute approximate surface area is 136 Å². The molecule has 0 spiro atoms. The van der Waals surface area contributed by atoms with E-state index in [4.69, 9.17) is 11.6 Å². The molecule has 0 aliphatic rings. The Hall–Kier alpha value is -1.92. The van der Waals surface area contributed by atoms with Gasteiger partial charge < -0.3 is 5.32 Å². The Morgan fingerprint density at radius 2 is 2.23 bits per heavy atom. The quantitative estimate of drug-likeness (QED) is 0.798. The zero-order chi connectivity index (χ0) is 15.7. The highest BCUT2D eigenvalue weighted by atomic mass is 35.5. The minimum Gasteiger partial charge on any atom is -0.350 e. The molecule has 1 amide bonds. The van der Waals surface area contributed by atoms with Gasteiger partial charge in [0.05, 0.1) is 24.4 Å². The number of hydrogen-bond acceptors (Lipinski definition) is 4. The summed E-state index contributed by atoms with van der Waals surface area (Å²) < 4.78 is 1.80. The van der Waals surface area contributed by atoms with Crippen LogP contribution in [0.5, 0.6) is 0 Å². The summed E-state index contributed by atoms with van der Waals surface area (Å²) >= 11 is 7.46. The van der Waals surface area contributed by atoms with Crippen LogP contribution in [0.1, 0.15) is 22.0 Å². The molecule has 0 bridgehead atoms. The van der Waals surface area contributed by atoms with Crippen molar-refractivity contribution < 1.29 is 4.79 Å². The summed E-state index contributed by atoms with van der Waals surface area (Å²) in [6, 6.07) is 7.32. The van der Waals surface area contributed by atoms with Crippen LogP contribution in [0.4, 0.5) is 0 Å². The lowest BCUT2D eigenvalue weighted by Gasteiger charge is -2.05. The summed E-state index contributed by atoms with van der Waals surface area (Å²) in [6.07, 6.45) is 0.303. The fourth-order valence-electron chi connectivity index (χ4n) is 2.27. The Morgan fingerprint density at radius 1 is 1.41 bits per heavy atom. The second-order valence-electron chi connectivity index (χ2n) is 5.04. The number of halogens is 1. The molecule has 0 saturated heterocycles. The number of carbonyl (C=O) groups excluding carboxylic acids is 1. The number of rotatable bonds is 4. The van der Waals surface area contributed by atoms with Gasteiger partial charge in [-0.25, -0.2) is 9.50 Å². The maximum atomic E-state index is 12.1. The number of amides is 1. The van der Waals surface area contributed by atoms with Crippen molar-refractivity contribution in [2.24, 2.45) is 0 Å². The number of benzene rings is 1. The first-order valence-corrected chi connectivity index (χ1v) is 8.05. The summed E-state index contributed by atoms with van der Waals surface area (Å²) in [5.41, 5.74) is 2.70. The zero-order valence-electron chi connectivity index (χ0n) is 12.3. The van der Waals surface area contributed by atoms with Gasteiger partial charge in [-0.1, -0.05) is 35.1 Å². The first kappa shape index (κ1) is 15.0. The van der Waals surface area contributed by atoms with E-state index in [0.29, 0.717) is 18.0 Å². The third-order valence-electron chi connectivity index (χ3n) is 3.30. The van der Waals surface area contributed by atoms with Gasteiger partial charge >= 0.3 is 0 Å². The van der Waals surface area contributed by atoms with Crippen LogP contribution in [0, 0.1) is 13.8 Å². The molecular weight excluding hydrogens is 320 g/mol. The fourth-order valence-corrected chi connectivity index (χ4v) is 3.29. The van der Waals surface area contributed by atoms with Gasteiger partial charge in [-0.15, -0.1) is 0 Å². The van der Waals surface area contributed by atoms with Crippen LogP contribution >= 0.6 is 22.9 Å². The van der Waals surface area contributed by atoms with Gasteiger partial charge in [0.15, 0.2) is 0 Å². The highest BCUT2D eigenvalue weighted by Crippen LogP contribution is 2.17. The van der Waals surface area contributed by atoms with E-state index in [1.807, 2.05) is 26.0 Å². The van der Waals surface area contributed by atoms with Gasteiger partial charge in [-0.2, -0.15) is 5.10 Å². The number of hydrogen-bond donors (Lipinski definition) is 1. The van der Waals surface area contributed by atoms with Gasteiger partial charge in [0.2, 0.25) is 10.9 Å². The van der Waals surface area contributed by atoms with E-state index in [2.05, 4.69) is 15.4 Å². The molecule has 3 rings (SSSR count). The van der Waals surface area contributed by atoms with Crippen molar-refractivity contribution in [1.82, 2.24) is 19.9 Å². The smallest absolute Gasteiger partial charge is 0.224 e. The summed E-state index contributed by atoms with van der Waals surface area (Å²) in [6.45, 7) is 4.28. The average Bonchev–Trinajstić information content (AvgIpc) is 2.92. The molecule has 7 heteroatoms. The molecule has 0 saturated carbocycles. The molecule has 2 heterocycles. The van der Waals surface area contributed by atoms with Crippen LogP contribution in [0.25, 0.3) is 4.96 Å². The minimum absolute atomic E-state index is 0.0523. The van der Waals surface area contributed by atoms with E-state index >= 15 is 0 Å². The lowest BCUT2D eigenvalue weighted by molar-refractivity contribution is -0.120. The van der Waals surface area contributed by atoms with E-state index in [1.54, 1.807) is 16.6 Å². The predicted molar refractivity (Wildman–Crippen MR) is 87.3 cm³/mol. The van der Waals surface area contributed by atoms with Crippen molar-refractivity contribution in [2.75, 3.05) is 0 Å². The fraction of sp³-hybridized carbons (Fsp3) is 0.267. The number of aromatic nitrogens is 3. The highest BCUT2D eigenvalue weighted by Gasteiger charge is 2.13. The zero-order valence-corrected chi connectivity index (χ0v) is 13.8. The lowest BCUT2D eigenvalue weighted by atomic mass is 10.1. The summed E-state index contributed by atoms with van der Waals surface area (Å²) in [5.74, 6) is -0.0523. The Morgan fingerprint density at radius 3 is 3.00 bits per heavy atom. The second-order valence-corrected chi connectivity index (χ2v) is 6.64. The molecule has 5 nitrogen and oxygen atoms in total. The van der Waals surface area contributed by atoms with Crippen molar-refractivity contribution >= 4 is 33.8 Å². The first-order chi connectivity index (χ1) is 10.5. The average molecular weight is 335 g/mol. The number of imidazole rings is 1. The van der Waals surface area contributed by atoms with Crippen LogP contribution in [-0.2, 0) is 17.8 Å². The van der Waals surface area contributed by atoms with Crippen molar-refractivity contribution in [3.8, 4) is 0 Å². The standard InChI is InChI=1S/C15H15ClN4OS/c1-9-13(20-15(18-9)22-10(2)19-20)8-17-14(21)7-11-4-3-5-12(16)6-11/h3-6H,7-8H2,1-2H3,(H,17,21). The SMILES string of the molecule is Cc1nn2c(CNC(=O)Cc3cccc(Cl)c3)c(C)nc2s1. The minimum atomic E-state index is -0.0523. The van der Waals surface area contributed by atoms with Gasteiger partial charge in [0.25, 0.3) is 0 Å². The second kappa shape index (κ2) is 6.06. The number of fused-ring (bicyclic) bond motifs is 1. The number of carbonyl (C=O) groups is 1. The Kier molecular flexibility index (Phi) is 4.13. The predicted octanol–water partition coefficient (Wildman–Crippen LogP) is 2.92. The molecule has 0 unspecified atom stereocenters. The van der Waals surface area contributed by atoms with Crippen molar-refractivity contribution in [2.45, 2.75) is 26.8 Å². The third-order valence-corrected chi connectivity index (χ3v) is 4.36. The molecule has 0 atom stereocenters. The van der Waals surface area contributed by atoms with E-state index < -0.39 is 0 Å². The largest absolute Gasteiger partial charge is 0.350 e. The van der Waals surface area contributed by atoms with Crippen molar-refractivity contribution in [1.29, 1.82) is 0 Å². The van der Waals surface area contributed by atoms with Crippen LogP contribution in [0.3, 0.4) is 0 Å². The monoisotopic (exact) mass is 334 g/mol. The van der Waals surface area contributed by atoms with Gasteiger partial charge in [-0.3, -0.25) is 4.79 Å². The maximum Gasteiger partial charge on any atom is 0.224 e. The van der Waals surface area contributed by atoms with Crippen molar-refractivity contribution in [3.05, 3.63) is 51.2 Å². The van der Waals surface area contributed by atoms with Crippen LogP contribution in [0.15, 0.2) is 24.3 Å². The first-order valence-electron chi connectivity index (χ1n) is 6.85. The van der Waals surface area contributed by atoms with E-state index in [1.165, 1.54) is 11.3 Å². The molecular formula is C15H15ClN4OS. The molecule has 3 aromatic rings. The Balaban J connectivity index is 1.68. The van der Waals surface area contributed by atoms with E-state index in [-0.39, 0.29) is 5.91 Å². The molecule has 1 aromatic carbocycles. The maximum absolute atomic E-state index is 12.1. The van der Waals surface area contributed by atoms with Gasteiger partial charge in [0.1, 0.15) is 5.01 Å². The van der Waals surface area contributed by atoms with E-state index in [0.717, 1.165) is 26.9 Å². The molecule has 22 heavy (non-hydrogen) atoms. The number of nitrogens with one attached hydrogen (secondary N) is 1. The summed E-state index contributed by atoms with van der Waals surface area (Å²) in [4.78, 5) is 17.4. The van der Waals surface area contributed by atoms with Crippen LogP contribution in [0.2, 0.25) is 5.02 Å². The topological polar surface area (TPSA) is 59.3 Å². The summed E-state index contributed by atoms with van der Waals surface area (Å²) in [5, 5.41) is 8.92. The molecule has 114 valence electrons. The van der Waals surface area contributed by atoms with Crippen LogP contribution < -0.4 is 5.32 Å². The Bertz CT molecular complexity index is 839. The van der Waals surface area contributed by atoms with E-state index in [9.17, 15) is 4.79 Å². The van der Waals surface area contributed by atoms with Gasteiger partial charge in [0, 0.05) is 5.02 Å². The highest BCUT2D eigenvalue weighted by molar-refractivity contribution is 7.16. The molecule has 0 aliphatic heterocycles. The molecule has 0 fully saturated rings. The summed E-state index contributed by atoms with van der Waals surface area (Å²) in [7, 11) is 0. The third kappa shape index (κ3) is 3.13. The lowest BCUT2D eigenvalue weighted by Crippen LogP contribution is -2.25. The normalized spacial score (nSPS) is 11.0. The van der Waals surface area contributed by atoms with Crippen LogP contribution in [-0.4, -0.2) is 20.5 Å². The number of nitrogens with zero attached hydrogens (tertiary/aromatic N) is 3.